The Kier molecular flexibility index (Phi) is 2.48. The van der Waals surface area contributed by atoms with Gasteiger partial charge in [-0.05, 0) is 30.7 Å². The third-order valence-corrected chi connectivity index (χ3v) is 3.17. The molecule has 2 aromatic rings. The van der Waals surface area contributed by atoms with Crippen molar-refractivity contribution in [2.45, 2.75) is 6.92 Å². The molecule has 1 aromatic heterocycles. The maximum Gasteiger partial charge on any atom is 0.0938 e. The molecule has 0 spiro atoms. The van der Waals surface area contributed by atoms with Crippen molar-refractivity contribution >= 4 is 27.9 Å². The quantitative estimate of drug-likeness (QED) is 0.778. The average Bonchev–Trinajstić information content (AvgIpc) is 2.47. The Morgan fingerprint density at radius 2 is 1.86 bits per heavy atom. The molecule has 2 N–H and O–H groups in total. The van der Waals surface area contributed by atoms with E-state index in [9.17, 15) is 0 Å². The summed E-state index contributed by atoms with van der Waals surface area (Å²) in [4.78, 5) is 1.23. The zero-order valence-electron chi connectivity index (χ0n) is 7.75. The summed E-state index contributed by atoms with van der Waals surface area (Å²) in [5.74, 6) is 0. The summed E-state index contributed by atoms with van der Waals surface area (Å²) in [6.07, 6.45) is 0. The molecule has 2 rings (SSSR count). The van der Waals surface area contributed by atoms with Gasteiger partial charge in [0.25, 0.3) is 0 Å². The second-order valence-electron chi connectivity index (χ2n) is 3.14. The van der Waals surface area contributed by atoms with Crippen LogP contribution in [0, 0.1) is 6.92 Å². The lowest BCUT2D eigenvalue weighted by Crippen LogP contribution is -1.82. The van der Waals surface area contributed by atoms with Crippen LogP contribution in [-0.4, -0.2) is 0 Å². The van der Waals surface area contributed by atoms with E-state index in [4.69, 9.17) is 17.3 Å². The summed E-state index contributed by atoms with van der Waals surface area (Å²) >= 11 is 7.43. The summed E-state index contributed by atoms with van der Waals surface area (Å²) in [7, 11) is 0. The fraction of sp³-hybridized carbons (Fsp3) is 0.0909. The van der Waals surface area contributed by atoms with Crippen LogP contribution >= 0.6 is 22.9 Å². The lowest BCUT2D eigenvalue weighted by Gasteiger charge is -1.99. The minimum Gasteiger partial charge on any atom is -0.390 e. The SMILES string of the molecule is Cc1cc(-c2ccc(Cl)cc2)c(N)s1. The smallest absolute Gasteiger partial charge is 0.0938 e. The highest BCUT2D eigenvalue weighted by Gasteiger charge is 2.05. The van der Waals surface area contributed by atoms with Crippen molar-refractivity contribution in [1.29, 1.82) is 0 Å². The number of halogens is 1. The standard InChI is InChI=1S/C11H10ClNS/c1-7-6-10(11(13)14-7)8-2-4-9(12)5-3-8/h2-6H,13H2,1H3. The van der Waals surface area contributed by atoms with Crippen LogP contribution < -0.4 is 5.73 Å². The highest BCUT2D eigenvalue weighted by Crippen LogP contribution is 2.33. The first-order valence-corrected chi connectivity index (χ1v) is 5.48. The minimum atomic E-state index is 0.749. The maximum atomic E-state index is 5.90. The predicted octanol–water partition coefficient (Wildman–Crippen LogP) is 3.96. The molecule has 0 fully saturated rings. The van der Waals surface area contributed by atoms with Crippen LogP contribution in [0.4, 0.5) is 5.00 Å². The maximum absolute atomic E-state index is 5.90. The topological polar surface area (TPSA) is 26.0 Å². The zero-order chi connectivity index (χ0) is 10.1. The molecule has 1 heterocycles. The molecule has 0 unspecified atom stereocenters. The zero-order valence-corrected chi connectivity index (χ0v) is 9.32. The van der Waals surface area contributed by atoms with Crippen molar-refractivity contribution in [2.24, 2.45) is 0 Å². The first-order valence-electron chi connectivity index (χ1n) is 4.28. The highest BCUT2D eigenvalue weighted by molar-refractivity contribution is 7.16. The molecule has 0 aliphatic rings. The molecule has 14 heavy (non-hydrogen) atoms. The monoisotopic (exact) mass is 223 g/mol. The number of anilines is 1. The first-order chi connectivity index (χ1) is 6.66. The number of aryl methyl sites for hydroxylation is 1. The van der Waals surface area contributed by atoms with Crippen molar-refractivity contribution in [1.82, 2.24) is 0 Å². The van der Waals surface area contributed by atoms with E-state index in [1.807, 2.05) is 24.3 Å². The second kappa shape index (κ2) is 3.64. The van der Waals surface area contributed by atoms with E-state index in [1.54, 1.807) is 11.3 Å². The van der Waals surface area contributed by atoms with Crippen molar-refractivity contribution in [3.63, 3.8) is 0 Å². The van der Waals surface area contributed by atoms with Gasteiger partial charge in [-0.15, -0.1) is 11.3 Å². The van der Waals surface area contributed by atoms with E-state index in [0.29, 0.717) is 0 Å². The Morgan fingerprint density at radius 3 is 2.36 bits per heavy atom. The third kappa shape index (κ3) is 1.76. The second-order valence-corrected chi connectivity index (χ2v) is 4.87. The lowest BCUT2D eigenvalue weighted by molar-refractivity contribution is 1.61. The number of nitrogens with two attached hydrogens (primary N) is 1. The van der Waals surface area contributed by atoms with E-state index in [-0.39, 0.29) is 0 Å². The van der Waals surface area contributed by atoms with Gasteiger partial charge in [0.2, 0.25) is 0 Å². The molecular weight excluding hydrogens is 214 g/mol. The Bertz CT molecular complexity index is 445. The van der Waals surface area contributed by atoms with Gasteiger partial charge in [0.1, 0.15) is 0 Å². The number of benzene rings is 1. The molecule has 72 valence electrons. The number of nitrogen functional groups attached to an aromatic ring is 1. The molecule has 0 aliphatic carbocycles. The van der Waals surface area contributed by atoms with Crippen LogP contribution in [0.3, 0.4) is 0 Å². The Labute approximate surface area is 92.1 Å². The summed E-state index contributed by atoms with van der Waals surface area (Å²) < 4.78 is 0. The normalized spacial score (nSPS) is 10.4. The van der Waals surface area contributed by atoms with E-state index < -0.39 is 0 Å². The predicted molar refractivity (Wildman–Crippen MR) is 63.9 cm³/mol. The van der Waals surface area contributed by atoms with Crippen LogP contribution in [0.25, 0.3) is 11.1 Å². The molecule has 0 atom stereocenters. The number of hydrogen-bond donors (Lipinski definition) is 1. The van der Waals surface area contributed by atoms with Gasteiger partial charge < -0.3 is 5.73 Å². The molecule has 1 nitrogen and oxygen atoms in total. The molecule has 0 bridgehead atoms. The van der Waals surface area contributed by atoms with Gasteiger partial charge in [-0.1, -0.05) is 23.7 Å². The van der Waals surface area contributed by atoms with E-state index in [1.165, 1.54) is 4.88 Å². The van der Waals surface area contributed by atoms with Crippen molar-refractivity contribution in [3.8, 4) is 11.1 Å². The number of hydrogen-bond acceptors (Lipinski definition) is 2. The first kappa shape index (κ1) is 9.56. The van der Waals surface area contributed by atoms with Crippen LogP contribution in [-0.2, 0) is 0 Å². The Hall–Kier alpha value is -0.990. The Morgan fingerprint density at radius 1 is 1.21 bits per heavy atom. The molecule has 0 radical (unpaired) electrons. The lowest BCUT2D eigenvalue weighted by atomic mass is 10.1. The van der Waals surface area contributed by atoms with Gasteiger partial charge in [0.15, 0.2) is 0 Å². The van der Waals surface area contributed by atoms with Crippen LogP contribution in [0.2, 0.25) is 5.02 Å². The van der Waals surface area contributed by atoms with E-state index >= 15 is 0 Å². The molecule has 1 aromatic carbocycles. The van der Waals surface area contributed by atoms with E-state index in [0.717, 1.165) is 21.2 Å². The van der Waals surface area contributed by atoms with Gasteiger partial charge >= 0.3 is 0 Å². The van der Waals surface area contributed by atoms with Gasteiger partial charge in [-0.3, -0.25) is 0 Å². The summed E-state index contributed by atoms with van der Waals surface area (Å²) in [6.45, 7) is 2.06. The Balaban J connectivity index is 2.49. The van der Waals surface area contributed by atoms with Gasteiger partial charge in [-0.25, -0.2) is 0 Å². The van der Waals surface area contributed by atoms with Gasteiger partial charge in [0, 0.05) is 15.5 Å². The summed E-state index contributed by atoms with van der Waals surface area (Å²) in [5.41, 5.74) is 8.12. The van der Waals surface area contributed by atoms with Crippen molar-refractivity contribution in [2.75, 3.05) is 5.73 Å². The summed E-state index contributed by atoms with van der Waals surface area (Å²) in [5, 5.41) is 1.61. The number of rotatable bonds is 1. The average molecular weight is 224 g/mol. The largest absolute Gasteiger partial charge is 0.390 e. The minimum absolute atomic E-state index is 0.749. The molecule has 0 amide bonds. The molecule has 3 heteroatoms. The highest BCUT2D eigenvalue weighted by atomic mass is 35.5. The summed E-state index contributed by atoms with van der Waals surface area (Å²) in [6, 6.07) is 9.83. The van der Waals surface area contributed by atoms with Crippen LogP contribution in [0.15, 0.2) is 30.3 Å². The van der Waals surface area contributed by atoms with Gasteiger partial charge in [-0.2, -0.15) is 0 Å². The third-order valence-electron chi connectivity index (χ3n) is 2.04. The van der Waals surface area contributed by atoms with E-state index in [2.05, 4.69) is 13.0 Å². The van der Waals surface area contributed by atoms with Crippen molar-refractivity contribution in [3.05, 3.63) is 40.2 Å². The molecule has 0 aliphatic heterocycles. The fourth-order valence-corrected chi connectivity index (χ4v) is 2.32. The van der Waals surface area contributed by atoms with Crippen molar-refractivity contribution < 1.29 is 0 Å². The molecule has 0 saturated carbocycles. The van der Waals surface area contributed by atoms with Crippen LogP contribution in [0.1, 0.15) is 4.88 Å². The molecule has 0 saturated heterocycles. The van der Waals surface area contributed by atoms with Gasteiger partial charge in [0.05, 0.1) is 5.00 Å². The fourth-order valence-electron chi connectivity index (χ4n) is 1.39. The van der Waals surface area contributed by atoms with Crippen LogP contribution in [0.5, 0.6) is 0 Å². The number of thiophene rings is 1. The molecular formula is C11H10ClNS.